The van der Waals surface area contributed by atoms with Crippen LogP contribution in [0, 0.1) is 5.82 Å². The third-order valence-corrected chi connectivity index (χ3v) is 5.40. The van der Waals surface area contributed by atoms with Crippen LogP contribution in [0.25, 0.3) is 11.3 Å². The first kappa shape index (κ1) is 17.2. The molecule has 0 atom stereocenters. The third-order valence-electron chi connectivity index (χ3n) is 5.40. The number of nitrogens with zero attached hydrogens (tertiary/aromatic N) is 6. The molecule has 0 N–H and O–H groups in total. The molecule has 3 heterocycles. The van der Waals surface area contributed by atoms with Crippen molar-refractivity contribution >= 4 is 5.82 Å². The average molecular weight is 380 g/mol. The quantitative estimate of drug-likeness (QED) is 0.651. The van der Waals surface area contributed by atoms with Gasteiger partial charge in [-0.25, -0.2) is 14.4 Å². The van der Waals surface area contributed by atoms with Gasteiger partial charge in [0.2, 0.25) is 11.8 Å². The topological polar surface area (TPSA) is 71.2 Å². The lowest BCUT2D eigenvalue weighted by Crippen LogP contribution is -2.58. The predicted molar refractivity (Wildman–Crippen MR) is 101 cm³/mol. The van der Waals surface area contributed by atoms with Crippen LogP contribution < -0.4 is 4.90 Å². The second-order valence-corrected chi connectivity index (χ2v) is 7.51. The van der Waals surface area contributed by atoms with E-state index in [4.69, 9.17) is 4.42 Å². The highest BCUT2D eigenvalue weighted by Gasteiger charge is 2.34. The van der Waals surface area contributed by atoms with Gasteiger partial charge in [-0.3, -0.25) is 4.90 Å². The lowest BCUT2D eigenvalue weighted by atomic mass is 10.1. The fourth-order valence-corrected chi connectivity index (χ4v) is 3.45. The van der Waals surface area contributed by atoms with E-state index in [2.05, 4.69) is 25.1 Å². The minimum atomic E-state index is -0.374. The van der Waals surface area contributed by atoms with Crippen LogP contribution in [0.15, 0.2) is 41.1 Å². The number of anilines is 1. The molecule has 0 unspecified atom stereocenters. The lowest BCUT2D eigenvalue weighted by Gasteiger charge is -2.44. The summed E-state index contributed by atoms with van der Waals surface area (Å²) in [5.74, 6) is 1.84. The Morgan fingerprint density at radius 1 is 1.14 bits per heavy atom. The summed E-state index contributed by atoms with van der Waals surface area (Å²) < 4.78 is 20.7. The first-order valence-corrected chi connectivity index (χ1v) is 9.52. The van der Waals surface area contributed by atoms with Crippen molar-refractivity contribution in [1.29, 1.82) is 0 Å². The van der Waals surface area contributed by atoms with E-state index in [1.54, 1.807) is 0 Å². The van der Waals surface area contributed by atoms with Crippen molar-refractivity contribution in [3.63, 3.8) is 0 Å². The van der Waals surface area contributed by atoms with E-state index in [1.165, 1.54) is 6.33 Å². The Bertz CT molecular complexity index is 968. The molecule has 2 aromatic heterocycles. The Morgan fingerprint density at radius 3 is 2.68 bits per heavy atom. The van der Waals surface area contributed by atoms with Gasteiger partial charge < -0.3 is 9.32 Å². The normalized spacial score (nSPS) is 17.2. The van der Waals surface area contributed by atoms with Crippen LogP contribution in [0.5, 0.6) is 0 Å². The molecule has 0 amide bonds. The Labute approximate surface area is 162 Å². The molecule has 5 rings (SSSR count). The van der Waals surface area contributed by atoms with Gasteiger partial charge in [-0.05, 0) is 19.9 Å². The van der Waals surface area contributed by atoms with E-state index in [1.807, 2.05) is 42.3 Å². The summed E-state index contributed by atoms with van der Waals surface area (Å²) in [4.78, 5) is 12.4. The first-order chi connectivity index (χ1) is 13.7. The van der Waals surface area contributed by atoms with Crippen LogP contribution in [0.2, 0.25) is 0 Å². The van der Waals surface area contributed by atoms with Crippen LogP contribution >= 0.6 is 0 Å². The van der Waals surface area contributed by atoms with Crippen LogP contribution in [-0.4, -0.2) is 51.2 Å². The van der Waals surface area contributed by atoms with E-state index in [9.17, 15) is 4.39 Å². The minimum Gasteiger partial charge on any atom is -0.424 e. The Morgan fingerprint density at radius 2 is 1.93 bits per heavy atom. The maximum atomic E-state index is 15.0. The van der Waals surface area contributed by atoms with Crippen molar-refractivity contribution < 1.29 is 8.81 Å². The monoisotopic (exact) mass is 380 g/mol. The van der Waals surface area contributed by atoms with E-state index < -0.39 is 0 Å². The number of benzene rings is 1. The average Bonchev–Trinajstić information content (AvgIpc) is 3.42. The van der Waals surface area contributed by atoms with Crippen molar-refractivity contribution in [3.05, 3.63) is 54.3 Å². The Balaban J connectivity index is 1.24. The SMILES string of the molecule is CN(Cc1nnc(C2CC2)o1)C1CN(c2ncnc(-c3ccccc3)c2F)C1. The zero-order valence-corrected chi connectivity index (χ0v) is 15.6. The maximum absolute atomic E-state index is 15.0. The largest absolute Gasteiger partial charge is 0.424 e. The minimum absolute atomic E-state index is 0.283. The van der Waals surface area contributed by atoms with E-state index in [-0.39, 0.29) is 11.9 Å². The molecule has 3 aromatic rings. The highest BCUT2D eigenvalue weighted by molar-refractivity contribution is 5.64. The lowest BCUT2D eigenvalue weighted by molar-refractivity contribution is 0.178. The Hall–Kier alpha value is -2.87. The summed E-state index contributed by atoms with van der Waals surface area (Å²) in [5, 5.41) is 8.27. The zero-order chi connectivity index (χ0) is 19.1. The summed E-state index contributed by atoms with van der Waals surface area (Å²) in [5.41, 5.74) is 1.08. The van der Waals surface area contributed by atoms with Gasteiger partial charge in [-0.15, -0.1) is 10.2 Å². The molecule has 0 spiro atoms. The summed E-state index contributed by atoms with van der Waals surface area (Å²) in [7, 11) is 2.02. The fourth-order valence-electron chi connectivity index (χ4n) is 3.45. The van der Waals surface area contributed by atoms with Gasteiger partial charge in [0.15, 0.2) is 11.6 Å². The smallest absolute Gasteiger partial charge is 0.230 e. The molecule has 0 radical (unpaired) electrons. The molecular weight excluding hydrogens is 359 g/mol. The molecule has 8 heteroatoms. The third kappa shape index (κ3) is 3.24. The van der Waals surface area contributed by atoms with Gasteiger partial charge in [-0.2, -0.15) is 0 Å². The molecule has 0 bridgehead atoms. The van der Waals surface area contributed by atoms with Crippen molar-refractivity contribution in [2.45, 2.75) is 31.3 Å². The van der Waals surface area contributed by atoms with Gasteiger partial charge >= 0.3 is 0 Å². The summed E-state index contributed by atoms with van der Waals surface area (Å²) in [6, 6.07) is 9.63. The fraction of sp³-hybridized carbons (Fsp3) is 0.400. The van der Waals surface area contributed by atoms with Crippen molar-refractivity contribution in [2.24, 2.45) is 0 Å². The second kappa shape index (κ2) is 6.94. The molecule has 1 saturated heterocycles. The van der Waals surface area contributed by atoms with Crippen LogP contribution in [0.4, 0.5) is 10.2 Å². The summed E-state index contributed by atoms with van der Waals surface area (Å²) in [6.07, 6.45) is 3.71. The van der Waals surface area contributed by atoms with E-state index in [0.29, 0.717) is 43.0 Å². The number of halogens is 1. The Kier molecular flexibility index (Phi) is 4.27. The van der Waals surface area contributed by atoms with Gasteiger partial charge in [0.1, 0.15) is 12.0 Å². The van der Waals surface area contributed by atoms with Gasteiger partial charge in [0.05, 0.1) is 6.54 Å². The molecule has 1 saturated carbocycles. The molecule has 1 aliphatic carbocycles. The van der Waals surface area contributed by atoms with Crippen LogP contribution in [0.3, 0.4) is 0 Å². The molecule has 7 nitrogen and oxygen atoms in total. The molecule has 2 fully saturated rings. The predicted octanol–water partition coefficient (Wildman–Crippen LogP) is 2.86. The number of likely N-dealkylation sites (N-methyl/N-ethyl adjacent to an activating group) is 1. The number of hydrogen-bond donors (Lipinski definition) is 0. The summed E-state index contributed by atoms with van der Waals surface area (Å²) in [6.45, 7) is 1.99. The van der Waals surface area contributed by atoms with Crippen molar-refractivity contribution in [3.8, 4) is 11.3 Å². The molecule has 1 aromatic carbocycles. The van der Waals surface area contributed by atoms with Gasteiger partial charge in [0.25, 0.3) is 0 Å². The van der Waals surface area contributed by atoms with E-state index >= 15 is 0 Å². The molecule has 144 valence electrons. The number of aromatic nitrogens is 4. The van der Waals surface area contributed by atoms with Crippen LogP contribution in [-0.2, 0) is 6.54 Å². The molecule has 1 aliphatic heterocycles. The standard InChI is InChI=1S/C20H21FN6O/c1-26(11-16-24-25-20(28-16)14-7-8-14)15-9-27(10-15)19-17(21)18(22-12-23-19)13-5-3-2-4-6-13/h2-6,12,14-15H,7-11H2,1H3. The first-order valence-electron chi connectivity index (χ1n) is 9.52. The van der Waals surface area contributed by atoms with E-state index in [0.717, 1.165) is 24.3 Å². The highest BCUT2D eigenvalue weighted by Crippen LogP contribution is 2.39. The summed E-state index contributed by atoms with van der Waals surface area (Å²) >= 11 is 0. The van der Waals surface area contributed by atoms with Crippen molar-refractivity contribution in [2.75, 3.05) is 25.0 Å². The second-order valence-electron chi connectivity index (χ2n) is 7.51. The van der Waals surface area contributed by atoms with Gasteiger partial charge in [0, 0.05) is 30.6 Å². The maximum Gasteiger partial charge on any atom is 0.230 e. The van der Waals surface area contributed by atoms with Crippen LogP contribution in [0.1, 0.15) is 30.5 Å². The van der Waals surface area contributed by atoms with Gasteiger partial charge in [-0.1, -0.05) is 30.3 Å². The number of hydrogen-bond acceptors (Lipinski definition) is 7. The molecule has 28 heavy (non-hydrogen) atoms. The molecule has 2 aliphatic rings. The molecular formula is C20H21FN6O. The van der Waals surface area contributed by atoms with Crippen molar-refractivity contribution in [1.82, 2.24) is 25.1 Å². The highest BCUT2D eigenvalue weighted by atomic mass is 19.1. The number of rotatable bonds is 6. The zero-order valence-electron chi connectivity index (χ0n) is 15.6.